The summed E-state index contributed by atoms with van der Waals surface area (Å²) in [4.78, 5) is 11.8. The Morgan fingerprint density at radius 3 is 2.50 bits per heavy atom. The lowest BCUT2D eigenvalue weighted by molar-refractivity contribution is -0.313. The number of esters is 1. The van der Waals surface area contributed by atoms with Crippen LogP contribution in [0.4, 0.5) is 0 Å². The fourth-order valence-electron chi connectivity index (χ4n) is 10.1. The monoisotopic (exact) mass is 534 g/mol. The summed E-state index contributed by atoms with van der Waals surface area (Å²) in [6.45, 7) is 6.87. The van der Waals surface area contributed by atoms with Gasteiger partial charge in [-0.05, 0) is 99.4 Å². The van der Waals surface area contributed by atoms with Crippen molar-refractivity contribution in [3.63, 3.8) is 0 Å². The topological polar surface area (TPSA) is 115 Å². The first-order chi connectivity index (χ1) is 18.0. The molecule has 1 saturated heterocycles. The maximum atomic E-state index is 12.4. The lowest BCUT2D eigenvalue weighted by Gasteiger charge is -2.64. The molecule has 4 aliphatic carbocycles. The zero-order valence-electron chi connectivity index (χ0n) is 23.3. The van der Waals surface area contributed by atoms with Crippen LogP contribution in [0.1, 0.15) is 78.6 Å². The van der Waals surface area contributed by atoms with Crippen molar-refractivity contribution in [3.05, 3.63) is 11.6 Å². The second-order valence-corrected chi connectivity index (χ2v) is 13.7. The number of ether oxygens (including phenoxy) is 4. The Morgan fingerprint density at radius 1 is 1.00 bits per heavy atom. The van der Waals surface area contributed by atoms with Gasteiger partial charge in [-0.3, -0.25) is 0 Å². The van der Waals surface area contributed by atoms with Crippen molar-refractivity contribution in [2.75, 3.05) is 13.7 Å². The third kappa shape index (κ3) is 3.88. The first kappa shape index (κ1) is 27.2. The lowest BCUT2D eigenvalue weighted by atomic mass is 9.43. The standard InChI is InChI=1S/C30H46O8/c1-16-24(32)26(35-4)25(33)27(37-16)38-19-7-10-28(2)18(14-19)5-6-22-21(28)8-11-29(3)20(9-12-30(22,29)34)17-13-23(31)36-15-17/h13,16,18-22,24-27,32-34H,5-12,14-15H2,1-4H3/t16-,18+,19-,20?,21?,22?,24+,25-,26+,27?,28-,29+,30-/m0/s1. The van der Waals surface area contributed by atoms with Crippen LogP contribution in [0.5, 0.6) is 0 Å². The van der Waals surface area contributed by atoms with Crippen molar-refractivity contribution in [2.45, 2.75) is 121 Å². The molecular weight excluding hydrogens is 488 g/mol. The van der Waals surface area contributed by atoms with Crippen molar-refractivity contribution >= 4 is 5.97 Å². The fraction of sp³-hybridized carbons (Fsp3) is 0.900. The third-order valence-electron chi connectivity index (χ3n) is 12.3. The zero-order valence-corrected chi connectivity index (χ0v) is 23.3. The van der Waals surface area contributed by atoms with Crippen molar-refractivity contribution < 1.29 is 39.1 Å². The van der Waals surface area contributed by atoms with E-state index in [0.717, 1.165) is 63.4 Å². The van der Waals surface area contributed by atoms with Gasteiger partial charge in [0.2, 0.25) is 0 Å². The van der Waals surface area contributed by atoms with E-state index >= 15 is 0 Å². The number of hydrogen-bond donors (Lipinski definition) is 3. The predicted octanol–water partition coefficient (Wildman–Crippen LogP) is 3.11. The van der Waals surface area contributed by atoms with Crippen LogP contribution in [0.15, 0.2) is 11.6 Å². The van der Waals surface area contributed by atoms with Crippen LogP contribution in [0.3, 0.4) is 0 Å². The minimum Gasteiger partial charge on any atom is -0.458 e. The van der Waals surface area contributed by atoms with Gasteiger partial charge in [-0.2, -0.15) is 0 Å². The smallest absolute Gasteiger partial charge is 0.331 e. The van der Waals surface area contributed by atoms with Crippen molar-refractivity contribution in [2.24, 2.45) is 34.5 Å². The molecule has 6 rings (SSSR count). The van der Waals surface area contributed by atoms with Gasteiger partial charge in [0.05, 0.1) is 17.8 Å². The van der Waals surface area contributed by atoms with Crippen LogP contribution in [-0.2, 0) is 23.7 Å². The van der Waals surface area contributed by atoms with E-state index in [2.05, 4.69) is 13.8 Å². The van der Waals surface area contributed by atoms with Gasteiger partial charge >= 0.3 is 5.97 Å². The second-order valence-electron chi connectivity index (χ2n) is 13.7. The van der Waals surface area contributed by atoms with Gasteiger partial charge < -0.3 is 34.3 Å². The highest BCUT2D eigenvalue weighted by Crippen LogP contribution is 2.70. The first-order valence-electron chi connectivity index (χ1n) is 14.8. The summed E-state index contributed by atoms with van der Waals surface area (Å²) in [5.74, 6) is 1.22. The van der Waals surface area contributed by atoms with Crippen molar-refractivity contribution in [1.29, 1.82) is 0 Å². The largest absolute Gasteiger partial charge is 0.458 e. The highest BCUT2D eigenvalue weighted by molar-refractivity contribution is 5.85. The molecule has 0 aromatic rings. The molecule has 0 bridgehead atoms. The average Bonchev–Trinajstić information content (AvgIpc) is 3.43. The number of carbonyl (C=O) groups is 1. The molecule has 0 aromatic carbocycles. The van der Waals surface area contributed by atoms with E-state index < -0.39 is 36.3 Å². The van der Waals surface area contributed by atoms with Gasteiger partial charge in [-0.1, -0.05) is 13.8 Å². The number of rotatable bonds is 4. The summed E-state index contributed by atoms with van der Waals surface area (Å²) in [5, 5.41) is 33.5. The maximum Gasteiger partial charge on any atom is 0.331 e. The Balaban J connectivity index is 1.16. The predicted molar refractivity (Wildman–Crippen MR) is 138 cm³/mol. The van der Waals surface area contributed by atoms with Gasteiger partial charge in [-0.15, -0.1) is 0 Å². The number of fused-ring (bicyclic) bond motifs is 5. The Hall–Kier alpha value is -1.03. The molecule has 38 heavy (non-hydrogen) atoms. The highest BCUT2D eigenvalue weighted by Gasteiger charge is 2.67. The maximum absolute atomic E-state index is 12.4. The highest BCUT2D eigenvalue weighted by atomic mass is 16.7. The van der Waals surface area contributed by atoms with Gasteiger partial charge in [0.1, 0.15) is 24.9 Å². The second kappa shape index (κ2) is 9.52. The Labute approximate surface area is 226 Å². The summed E-state index contributed by atoms with van der Waals surface area (Å²) in [5.41, 5.74) is 0.300. The number of aliphatic hydroxyl groups is 3. The zero-order chi connectivity index (χ0) is 27.0. The van der Waals surface area contributed by atoms with E-state index in [-0.39, 0.29) is 34.7 Å². The Bertz CT molecular complexity index is 968. The molecule has 13 atom stereocenters. The van der Waals surface area contributed by atoms with Gasteiger partial charge in [0.15, 0.2) is 6.29 Å². The van der Waals surface area contributed by atoms with Gasteiger partial charge in [-0.25, -0.2) is 4.79 Å². The Morgan fingerprint density at radius 2 is 1.79 bits per heavy atom. The average molecular weight is 535 g/mol. The van der Waals surface area contributed by atoms with E-state index in [1.54, 1.807) is 13.0 Å². The summed E-state index contributed by atoms with van der Waals surface area (Å²) >= 11 is 0. The summed E-state index contributed by atoms with van der Waals surface area (Å²) in [6.07, 6.45) is 6.45. The van der Waals surface area contributed by atoms with E-state index in [0.29, 0.717) is 18.4 Å². The Kier molecular flexibility index (Phi) is 6.80. The van der Waals surface area contributed by atoms with E-state index in [1.807, 2.05) is 0 Å². The van der Waals surface area contributed by atoms with Crippen LogP contribution in [-0.4, -0.2) is 77.4 Å². The normalized spacial score (nSPS) is 54.5. The van der Waals surface area contributed by atoms with Crippen molar-refractivity contribution in [3.8, 4) is 0 Å². The molecule has 0 radical (unpaired) electrons. The number of cyclic esters (lactones) is 1. The van der Waals surface area contributed by atoms with Crippen LogP contribution < -0.4 is 0 Å². The molecule has 3 N–H and O–H groups in total. The molecule has 8 heteroatoms. The van der Waals surface area contributed by atoms with Crippen molar-refractivity contribution in [1.82, 2.24) is 0 Å². The summed E-state index contributed by atoms with van der Waals surface area (Å²) in [7, 11) is 1.49. The van der Waals surface area contributed by atoms with Crippen LogP contribution >= 0.6 is 0 Å². The minimum atomic E-state index is -1.04. The van der Waals surface area contributed by atoms with Gasteiger partial charge in [0.25, 0.3) is 0 Å². The lowest BCUT2D eigenvalue weighted by Crippen LogP contribution is -2.62. The number of carbonyl (C=O) groups excluding carboxylic acids is 1. The fourth-order valence-corrected chi connectivity index (χ4v) is 10.1. The SMILES string of the molecule is CO[C@@H]1[C@H](O)[C@H](C)OC(O[C@H]2CC[C@]3(C)C4CC[C@]5(C)C(C6=CC(=O)OC6)CC[C@]5(O)C4CC[C@@H]3C2)[C@H]1O. The van der Waals surface area contributed by atoms with E-state index in [1.165, 1.54) is 7.11 Å². The summed E-state index contributed by atoms with van der Waals surface area (Å²) < 4.78 is 22.8. The molecule has 214 valence electrons. The molecule has 0 spiro atoms. The van der Waals surface area contributed by atoms with Crippen LogP contribution in [0.2, 0.25) is 0 Å². The first-order valence-corrected chi connectivity index (χ1v) is 14.8. The quantitative estimate of drug-likeness (QED) is 0.372. The number of hydrogen-bond acceptors (Lipinski definition) is 8. The third-order valence-corrected chi connectivity index (χ3v) is 12.3. The number of methoxy groups -OCH3 is 1. The molecule has 8 nitrogen and oxygen atoms in total. The minimum absolute atomic E-state index is 0.0103. The van der Waals surface area contributed by atoms with E-state index in [4.69, 9.17) is 18.9 Å². The van der Waals surface area contributed by atoms with E-state index in [9.17, 15) is 20.1 Å². The molecule has 0 amide bonds. The molecule has 5 fully saturated rings. The molecule has 2 heterocycles. The van der Waals surface area contributed by atoms with Crippen LogP contribution in [0, 0.1) is 34.5 Å². The van der Waals surface area contributed by atoms with Gasteiger partial charge in [0, 0.05) is 18.6 Å². The molecule has 4 unspecified atom stereocenters. The molecule has 4 saturated carbocycles. The molecular formula is C30H46O8. The molecule has 2 aliphatic heterocycles. The summed E-state index contributed by atoms with van der Waals surface area (Å²) in [6, 6.07) is 0. The molecule has 6 aliphatic rings. The van der Waals surface area contributed by atoms with Crippen LogP contribution in [0.25, 0.3) is 0 Å². The molecule has 0 aromatic heterocycles. The number of aliphatic hydroxyl groups excluding tert-OH is 2.